The van der Waals surface area contributed by atoms with E-state index in [4.69, 9.17) is 0 Å². The van der Waals surface area contributed by atoms with Gasteiger partial charge < -0.3 is 9.80 Å². The van der Waals surface area contributed by atoms with E-state index in [9.17, 15) is 0 Å². The van der Waals surface area contributed by atoms with Crippen molar-refractivity contribution in [2.75, 3.05) is 39.3 Å². The van der Waals surface area contributed by atoms with E-state index in [1.165, 1.54) is 97.1 Å². The first-order valence-electron chi connectivity index (χ1n) is 8.83. The van der Waals surface area contributed by atoms with Gasteiger partial charge in [-0.05, 0) is 57.8 Å². The molecule has 0 aromatic rings. The van der Waals surface area contributed by atoms with Crippen LogP contribution in [0.1, 0.15) is 64.7 Å². The standard InChI is InChI=1S/C17H34N2/c1-2-17(15-18-11-7-3-4-8-12-18)16-19-13-9-5-6-10-14-19/h17H,2-16H2,1H3. The van der Waals surface area contributed by atoms with Crippen molar-refractivity contribution < 1.29 is 0 Å². The summed E-state index contributed by atoms with van der Waals surface area (Å²) >= 11 is 0. The smallest absolute Gasteiger partial charge is 0.00218 e. The number of rotatable bonds is 5. The summed E-state index contributed by atoms with van der Waals surface area (Å²) < 4.78 is 0. The zero-order valence-corrected chi connectivity index (χ0v) is 13.1. The van der Waals surface area contributed by atoms with Crippen LogP contribution in [0.2, 0.25) is 0 Å². The normalized spacial score (nSPS) is 24.3. The summed E-state index contributed by atoms with van der Waals surface area (Å²) in [5.41, 5.74) is 0. The zero-order chi connectivity index (χ0) is 13.3. The van der Waals surface area contributed by atoms with E-state index in [0.717, 1.165) is 5.92 Å². The highest BCUT2D eigenvalue weighted by molar-refractivity contribution is 4.73. The second-order valence-electron chi connectivity index (χ2n) is 6.70. The molecule has 2 heterocycles. The zero-order valence-electron chi connectivity index (χ0n) is 13.1. The van der Waals surface area contributed by atoms with Crippen LogP contribution >= 0.6 is 0 Å². The molecule has 19 heavy (non-hydrogen) atoms. The fourth-order valence-corrected chi connectivity index (χ4v) is 3.68. The van der Waals surface area contributed by atoms with Gasteiger partial charge in [0.2, 0.25) is 0 Å². The van der Waals surface area contributed by atoms with Crippen molar-refractivity contribution in [1.82, 2.24) is 9.80 Å². The Bertz CT molecular complexity index is 191. The molecule has 0 amide bonds. The van der Waals surface area contributed by atoms with Gasteiger partial charge in [0.1, 0.15) is 0 Å². The SMILES string of the molecule is CCC(CN1CCCCCC1)CN1CCCCCC1. The molecule has 2 fully saturated rings. The lowest BCUT2D eigenvalue weighted by Crippen LogP contribution is -2.37. The molecule has 0 radical (unpaired) electrons. The first kappa shape index (κ1) is 15.3. The molecule has 0 aromatic heterocycles. The Morgan fingerprint density at radius 3 is 1.32 bits per heavy atom. The third-order valence-corrected chi connectivity index (χ3v) is 5.01. The van der Waals surface area contributed by atoms with Gasteiger partial charge in [0.25, 0.3) is 0 Å². The summed E-state index contributed by atoms with van der Waals surface area (Å²) in [5, 5.41) is 0. The van der Waals surface area contributed by atoms with E-state index in [1.807, 2.05) is 0 Å². The Morgan fingerprint density at radius 2 is 1.00 bits per heavy atom. The third-order valence-electron chi connectivity index (χ3n) is 5.01. The molecule has 0 spiro atoms. The Labute approximate surface area is 120 Å². The van der Waals surface area contributed by atoms with Crippen LogP contribution in [-0.4, -0.2) is 49.1 Å². The topological polar surface area (TPSA) is 6.48 Å². The quantitative estimate of drug-likeness (QED) is 0.747. The number of nitrogens with zero attached hydrogens (tertiary/aromatic N) is 2. The maximum atomic E-state index is 2.75. The van der Waals surface area contributed by atoms with Gasteiger partial charge in [0.05, 0.1) is 0 Å². The summed E-state index contributed by atoms with van der Waals surface area (Å²) in [6, 6.07) is 0. The van der Waals surface area contributed by atoms with Crippen LogP contribution in [0.15, 0.2) is 0 Å². The minimum atomic E-state index is 0.899. The van der Waals surface area contributed by atoms with Gasteiger partial charge in [-0.2, -0.15) is 0 Å². The summed E-state index contributed by atoms with van der Waals surface area (Å²) in [6.45, 7) is 10.5. The van der Waals surface area contributed by atoms with Crippen molar-refractivity contribution >= 4 is 0 Å². The molecular formula is C17H34N2. The van der Waals surface area contributed by atoms with Crippen LogP contribution in [-0.2, 0) is 0 Å². The molecule has 0 saturated carbocycles. The largest absolute Gasteiger partial charge is 0.303 e. The molecule has 0 aliphatic carbocycles. The van der Waals surface area contributed by atoms with Gasteiger partial charge in [-0.1, -0.05) is 39.0 Å². The first-order chi connectivity index (χ1) is 9.38. The molecule has 2 saturated heterocycles. The minimum absolute atomic E-state index is 0.899. The lowest BCUT2D eigenvalue weighted by atomic mass is 10.0. The van der Waals surface area contributed by atoms with Gasteiger partial charge in [0.15, 0.2) is 0 Å². The maximum absolute atomic E-state index is 2.75. The van der Waals surface area contributed by atoms with Crippen LogP contribution < -0.4 is 0 Å². The van der Waals surface area contributed by atoms with Crippen LogP contribution in [0.4, 0.5) is 0 Å². The maximum Gasteiger partial charge on any atom is 0.00218 e. The van der Waals surface area contributed by atoms with Crippen molar-refractivity contribution in [2.45, 2.75) is 64.7 Å². The predicted octanol–water partition coefficient (Wildman–Crippen LogP) is 3.76. The fraction of sp³-hybridized carbons (Fsp3) is 1.00. The molecule has 0 unspecified atom stereocenters. The Hall–Kier alpha value is -0.0800. The Morgan fingerprint density at radius 1 is 0.632 bits per heavy atom. The lowest BCUT2D eigenvalue weighted by Gasteiger charge is -2.30. The number of likely N-dealkylation sites (tertiary alicyclic amines) is 2. The van der Waals surface area contributed by atoms with E-state index < -0.39 is 0 Å². The highest BCUT2D eigenvalue weighted by Crippen LogP contribution is 2.16. The molecule has 2 heteroatoms. The highest BCUT2D eigenvalue weighted by atomic mass is 15.2. The number of hydrogen-bond acceptors (Lipinski definition) is 2. The molecule has 2 rings (SSSR count). The van der Waals surface area contributed by atoms with E-state index in [0.29, 0.717) is 0 Å². The summed E-state index contributed by atoms with van der Waals surface area (Å²) in [7, 11) is 0. The predicted molar refractivity (Wildman–Crippen MR) is 83.6 cm³/mol. The van der Waals surface area contributed by atoms with Crippen molar-refractivity contribution in [1.29, 1.82) is 0 Å². The van der Waals surface area contributed by atoms with Crippen LogP contribution in [0, 0.1) is 5.92 Å². The molecule has 2 nitrogen and oxygen atoms in total. The van der Waals surface area contributed by atoms with Gasteiger partial charge in [-0.25, -0.2) is 0 Å². The van der Waals surface area contributed by atoms with Crippen molar-refractivity contribution in [3.05, 3.63) is 0 Å². The molecule has 0 aromatic carbocycles. The van der Waals surface area contributed by atoms with Gasteiger partial charge in [-0.15, -0.1) is 0 Å². The van der Waals surface area contributed by atoms with Crippen LogP contribution in [0.3, 0.4) is 0 Å². The first-order valence-corrected chi connectivity index (χ1v) is 8.83. The molecule has 0 atom stereocenters. The van der Waals surface area contributed by atoms with E-state index in [-0.39, 0.29) is 0 Å². The molecular weight excluding hydrogens is 232 g/mol. The fourth-order valence-electron chi connectivity index (χ4n) is 3.68. The molecule has 2 aliphatic rings. The number of hydrogen-bond donors (Lipinski definition) is 0. The van der Waals surface area contributed by atoms with Gasteiger partial charge in [0, 0.05) is 13.1 Å². The van der Waals surface area contributed by atoms with Crippen LogP contribution in [0.25, 0.3) is 0 Å². The highest BCUT2D eigenvalue weighted by Gasteiger charge is 2.18. The summed E-state index contributed by atoms with van der Waals surface area (Å²) in [4.78, 5) is 5.50. The lowest BCUT2D eigenvalue weighted by molar-refractivity contribution is 0.177. The van der Waals surface area contributed by atoms with Gasteiger partial charge >= 0.3 is 0 Å². The van der Waals surface area contributed by atoms with E-state index in [2.05, 4.69) is 16.7 Å². The van der Waals surface area contributed by atoms with Crippen molar-refractivity contribution in [3.8, 4) is 0 Å². The Balaban J connectivity index is 1.74. The molecule has 112 valence electrons. The second kappa shape index (κ2) is 8.97. The minimum Gasteiger partial charge on any atom is -0.303 e. The molecule has 0 N–H and O–H groups in total. The van der Waals surface area contributed by atoms with E-state index in [1.54, 1.807) is 0 Å². The second-order valence-corrected chi connectivity index (χ2v) is 6.70. The van der Waals surface area contributed by atoms with Crippen LogP contribution in [0.5, 0.6) is 0 Å². The third kappa shape index (κ3) is 5.83. The van der Waals surface area contributed by atoms with E-state index >= 15 is 0 Å². The van der Waals surface area contributed by atoms with Crippen molar-refractivity contribution in [3.63, 3.8) is 0 Å². The van der Waals surface area contributed by atoms with Gasteiger partial charge in [-0.3, -0.25) is 0 Å². The average Bonchev–Trinajstić information content (AvgIpc) is 2.82. The summed E-state index contributed by atoms with van der Waals surface area (Å²) in [5.74, 6) is 0.899. The Kier molecular flexibility index (Phi) is 7.23. The monoisotopic (exact) mass is 266 g/mol. The molecule has 2 aliphatic heterocycles. The van der Waals surface area contributed by atoms with Crippen molar-refractivity contribution in [2.24, 2.45) is 5.92 Å². The molecule has 0 bridgehead atoms. The average molecular weight is 266 g/mol. The summed E-state index contributed by atoms with van der Waals surface area (Å²) in [6.07, 6.45) is 12.9.